The molecule has 0 aromatic carbocycles. The summed E-state index contributed by atoms with van der Waals surface area (Å²) in [6.07, 6.45) is 0. The quantitative estimate of drug-likeness (QED) is 0.890. The van der Waals surface area contributed by atoms with Gasteiger partial charge in [-0.1, -0.05) is 16.8 Å². The number of aromatic nitrogens is 1. The molecule has 0 spiro atoms. The Hall–Kier alpha value is -1.42. The molecular formula is C9H8ClN3O4S2. The van der Waals surface area contributed by atoms with E-state index in [4.69, 9.17) is 21.3 Å². The maximum Gasteiger partial charge on any atom is 0.269 e. The summed E-state index contributed by atoms with van der Waals surface area (Å²) in [6.45, 7) is 1.60. The summed E-state index contributed by atoms with van der Waals surface area (Å²) in [5, 5.41) is 12.5. The van der Waals surface area contributed by atoms with Gasteiger partial charge in [0.25, 0.3) is 11.8 Å². The van der Waals surface area contributed by atoms with E-state index < -0.39 is 15.9 Å². The number of thiophene rings is 1. The lowest BCUT2D eigenvalue weighted by atomic mass is 10.4. The first-order chi connectivity index (χ1) is 8.80. The Morgan fingerprint density at radius 1 is 1.58 bits per heavy atom. The zero-order chi connectivity index (χ0) is 14.2. The monoisotopic (exact) mass is 321 g/mol. The maximum atomic E-state index is 11.9. The van der Waals surface area contributed by atoms with Gasteiger partial charge < -0.3 is 4.52 Å². The smallest absolute Gasteiger partial charge is 0.269 e. The molecular weight excluding hydrogens is 314 g/mol. The molecule has 0 atom stereocenters. The Morgan fingerprint density at radius 3 is 2.79 bits per heavy atom. The second-order valence-corrected chi connectivity index (χ2v) is 6.35. The molecule has 7 nitrogen and oxygen atoms in total. The highest BCUT2D eigenvalue weighted by atomic mass is 35.5. The van der Waals surface area contributed by atoms with E-state index in [9.17, 15) is 13.2 Å². The van der Waals surface area contributed by atoms with Gasteiger partial charge >= 0.3 is 0 Å². The molecule has 3 N–H and O–H groups in total. The van der Waals surface area contributed by atoms with Gasteiger partial charge in [-0.15, -0.1) is 11.3 Å². The van der Waals surface area contributed by atoms with E-state index in [2.05, 4.69) is 10.5 Å². The number of nitrogens with two attached hydrogens (primary N) is 1. The van der Waals surface area contributed by atoms with Gasteiger partial charge in [0.15, 0.2) is 0 Å². The Morgan fingerprint density at radius 2 is 2.26 bits per heavy atom. The number of nitrogens with one attached hydrogen (secondary N) is 1. The number of carbonyl (C=O) groups is 1. The third-order valence-electron chi connectivity index (χ3n) is 2.16. The largest absolute Gasteiger partial charge is 0.336 e. The summed E-state index contributed by atoms with van der Waals surface area (Å²) in [5.41, 5.74) is 0.412. The van der Waals surface area contributed by atoms with E-state index in [0.29, 0.717) is 5.69 Å². The van der Waals surface area contributed by atoms with E-state index >= 15 is 0 Å². The minimum absolute atomic E-state index is 0.0436. The average Bonchev–Trinajstić information content (AvgIpc) is 2.90. The third kappa shape index (κ3) is 2.78. The third-order valence-corrected chi connectivity index (χ3v) is 4.60. The molecule has 2 aromatic rings. The van der Waals surface area contributed by atoms with Crippen LogP contribution in [0.3, 0.4) is 0 Å². The second-order valence-electron chi connectivity index (χ2n) is 3.52. The molecule has 0 aliphatic carbocycles. The highest BCUT2D eigenvalue weighted by Crippen LogP contribution is 2.27. The molecule has 2 heterocycles. The van der Waals surface area contributed by atoms with Crippen molar-refractivity contribution in [1.29, 1.82) is 0 Å². The van der Waals surface area contributed by atoms with Gasteiger partial charge in [0.05, 0.1) is 0 Å². The minimum Gasteiger partial charge on any atom is -0.336 e. The van der Waals surface area contributed by atoms with E-state index in [1.54, 1.807) is 6.92 Å². The fourth-order valence-corrected chi connectivity index (χ4v) is 3.27. The molecule has 2 rings (SSSR count). The van der Waals surface area contributed by atoms with Crippen molar-refractivity contribution in [2.24, 2.45) is 5.14 Å². The highest BCUT2D eigenvalue weighted by Gasteiger charge is 2.23. The van der Waals surface area contributed by atoms with Gasteiger partial charge in [-0.05, 0) is 18.4 Å². The second kappa shape index (κ2) is 4.93. The van der Waals surface area contributed by atoms with Gasteiger partial charge in [-0.2, -0.15) is 0 Å². The van der Waals surface area contributed by atoms with Crippen LogP contribution in [-0.2, 0) is 10.0 Å². The number of amides is 1. The van der Waals surface area contributed by atoms with Gasteiger partial charge in [0.2, 0.25) is 10.0 Å². The predicted molar refractivity (Wildman–Crippen MR) is 69.9 cm³/mol. The Bertz CT molecular complexity index is 734. The zero-order valence-corrected chi connectivity index (χ0v) is 11.9. The van der Waals surface area contributed by atoms with Gasteiger partial charge in [-0.3, -0.25) is 10.1 Å². The lowest BCUT2D eigenvalue weighted by molar-refractivity contribution is 0.102. The van der Waals surface area contributed by atoms with Gasteiger partial charge in [0.1, 0.15) is 20.5 Å². The van der Waals surface area contributed by atoms with Crippen LogP contribution in [0.25, 0.3) is 0 Å². The van der Waals surface area contributed by atoms with E-state index in [1.807, 2.05) is 0 Å². The fraction of sp³-hybridized carbons (Fsp3) is 0.111. The van der Waals surface area contributed by atoms with Gasteiger partial charge in [0, 0.05) is 0 Å². The van der Waals surface area contributed by atoms with Crippen molar-refractivity contribution in [2.75, 3.05) is 5.32 Å². The van der Waals surface area contributed by atoms with Crippen molar-refractivity contribution in [1.82, 2.24) is 5.16 Å². The predicted octanol–water partition coefficient (Wildman–Crippen LogP) is 1.60. The first-order valence-electron chi connectivity index (χ1n) is 4.84. The number of halogens is 1. The molecule has 0 saturated carbocycles. The molecule has 0 radical (unpaired) electrons. The van der Waals surface area contributed by atoms with Crippen LogP contribution < -0.4 is 10.5 Å². The highest BCUT2D eigenvalue weighted by molar-refractivity contribution is 7.89. The number of aryl methyl sites for hydroxylation is 1. The van der Waals surface area contributed by atoms with E-state index in [1.165, 1.54) is 11.4 Å². The average molecular weight is 322 g/mol. The molecule has 0 bridgehead atoms. The lowest BCUT2D eigenvalue weighted by Crippen LogP contribution is -2.18. The molecule has 0 aliphatic rings. The number of primary sulfonamides is 1. The van der Waals surface area contributed by atoms with Crippen molar-refractivity contribution in [2.45, 2.75) is 11.8 Å². The molecule has 0 unspecified atom stereocenters. The fourth-order valence-electron chi connectivity index (χ4n) is 1.28. The summed E-state index contributed by atoms with van der Waals surface area (Å²) < 4.78 is 27.4. The van der Waals surface area contributed by atoms with Crippen molar-refractivity contribution in [3.63, 3.8) is 0 Å². The van der Waals surface area contributed by atoms with Crippen LogP contribution in [0.5, 0.6) is 0 Å². The zero-order valence-electron chi connectivity index (χ0n) is 9.51. The SMILES string of the molecule is Cc1noc(NC(=O)c2sccc2S(N)(=O)=O)c1Cl. The normalized spacial score (nSPS) is 11.5. The van der Waals surface area contributed by atoms with E-state index in [-0.39, 0.29) is 20.7 Å². The molecule has 19 heavy (non-hydrogen) atoms. The summed E-state index contributed by atoms with van der Waals surface area (Å²) in [6, 6.07) is 1.25. The summed E-state index contributed by atoms with van der Waals surface area (Å²) >= 11 is 6.77. The standard InChI is InChI=1S/C9H8ClN3O4S2/c1-4-6(10)9(17-13-4)12-8(14)7-5(2-3-18-7)19(11,15)16/h2-3H,1H3,(H,12,14)(H2,11,15,16). The maximum absolute atomic E-state index is 11.9. The summed E-state index contributed by atoms with van der Waals surface area (Å²) in [4.78, 5) is 11.6. The van der Waals surface area contributed by atoms with Crippen molar-refractivity contribution < 1.29 is 17.7 Å². The molecule has 0 fully saturated rings. The number of rotatable bonds is 3. The topological polar surface area (TPSA) is 115 Å². The number of hydrogen-bond acceptors (Lipinski definition) is 6. The Labute approximate surface area is 117 Å². The molecule has 102 valence electrons. The lowest BCUT2D eigenvalue weighted by Gasteiger charge is -2.02. The number of sulfonamides is 1. The molecule has 2 aromatic heterocycles. The Balaban J connectivity index is 2.32. The molecule has 0 aliphatic heterocycles. The number of nitrogens with zero attached hydrogens (tertiary/aromatic N) is 1. The summed E-state index contributed by atoms with van der Waals surface area (Å²) in [7, 11) is -3.96. The summed E-state index contributed by atoms with van der Waals surface area (Å²) in [5.74, 6) is -0.727. The first kappa shape index (κ1) is 14.0. The van der Waals surface area contributed by atoms with Gasteiger partial charge in [-0.25, -0.2) is 13.6 Å². The first-order valence-corrected chi connectivity index (χ1v) is 7.64. The van der Waals surface area contributed by atoms with Crippen molar-refractivity contribution in [3.05, 3.63) is 27.0 Å². The molecule has 1 amide bonds. The van der Waals surface area contributed by atoms with Crippen LogP contribution in [0.2, 0.25) is 5.02 Å². The van der Waals surface area contributed by atoms with Crippen LogP contribution >= 0.6 is 22.9 Å². The van der Waals surface area contributed by atoms with Crippen LogP contribution in [-0.4, -0.2) is 19.5 Å². The molecule has 0 saturated heterocycles. The van der Waals surface area contributed by atoms with E-state index in [0.717, 1.165) is 11.3 Å². The number of carbonyl (C=O) groups excluding carboxylic acids is 1. The van der Waals surface area contributed by atoms with Crippen molar-refractivity contribution in [3.8, 4) is 0 Å². The van der Waals surface area contributed by atoms with Crippen molar-refractivity contribution >= 4 is 44.8 Å². The number of anilines is 1. The minimum atomic E-state index is -3.96. The van der Waals surface area contributed by atoms with Crippen LogP contribution in [0.15, 0.2) is 20.9 Å². The van der Waals surface area contributed by atoms with Crippen LogP contribution in [0, 0.1) is 6.92 Å². The Kier molecular flexibility index (Phi) is 3.63. The van der Waals surface area contributed by atoms with Crippen LogP contribution in [0.4, 0.5) is 5.88 Å². The van der Waals surface area contributed by atoms with Crippen LogP contribution in [0.1, 0.15) is 15.4 Å². The number of hydrogen-bond donors (Lipinski definition) is 2. The molecule has 10 heteroatoms.